The number of halogens is 2. The molecule has 6 amide bonds. The van der Waals surface area contributed by atoms with Gasteiger partial charge in [-0.3, -0.25) is 34.2 Å². The molecule has 13 nitrogen and oxygen atoms in total. The number of rotatable bonds is 11. The molecule has 3 aromatic rings. The number of carbonyl (C=O) groups excluding carboxylic acids is 6. The molecule has 2 unspecified atom stereocenters. The second kappa shape index (κ2) is 19.9. The lowest BCUT2D eigenvalue weighted by atomic mass is 9.82. The monoisotopic (exact) mass is 919 g/mol. The lowest BCUT2D eigenvalue weighted by Gasteiger charge is -2.39. The topological polar surface area (TPSA) is 151 Å². The molecule has 4 aliphatic heterocycles. The van der Waals surface area contributed by atoms with E-state index < -0.39 is 35.0 Å². The molecule has 3 aromatic carbocycles. The molecule has 3 saturated heterocycles. The van der Waals surface area contributed by atoms with Gasteiger partial charge in [-0.05, 0) is 118 Å². The highest BCUT2D eigenvalue weighted by molar-refractivity contribution is 5.98. The number of piperazine rings is 1. The Hall–Kier alpha value is -5.70. The minimum atomic E-state index is -0.788. The number of carbonyl (C=O) groups is 6. The van der Waals surface area contributed by atoms with Gasteiger partial charge in [-0.25, -0.2) is 14.2 Å². The van der Waals surface area contributed by atoms with Crippen LogP contribution in [0.15, 0.2) is 60.7 Å². The normalized spacial score (nSPS) is 23.3. The summed E-state index contributed by atoms with van der Waals surface area (Å²) in [6, 6.07) is 15.9. The second-order valence-corrected chi connectivity index (χ2v) is 20.0. The third-order valence-corrected chi connectivity index (χ3v) is 15.4. The van der Waals surface area contributed by atoms with Gasteiger partial charge in [-0.2, -0.15) is 0 Å². The van der Waals surface area contributed by atoms with Crippen molar-refractivity contribution < 1.29 is 37.5 Å². The van der Waals surface area contributed by atoms with Crippen LogP contribution in [0.25, 0.3) is 0 Å². The van der Waals surface area contributed by atoms with E-state index in [1.54, 1.807) is 51.1 Å². The predicted octanol–water partition coefficient (Wildman–Crippen LogP) is 6.08. The number of hydrazine groups is 1. The molecule has 0 spiro atoms. The predicted molar refractivity (Wildman–Crippen MR) is 246 cm³/mol. The van der Waals surface area contributed by atoms with Crippen LogP contribution < -0.4 is 16.2 Å². The molecule has 67 heavy (non-hydrogen) atoms. The Balaban J connectivity index is 0.770. The summed E-state index contributed by atoms with van der Waals surface area (Å²) in [6.07, 6.45) is 9.88. The Morgan fingerprint density at radius 2 is 1.48 bits per heavy atom. The highest BCUT2D eigenvalue weighted by Gasteiger charge is 2.40. The van der Waals surface area contributed by atoms with E-state index >= 15 is 8.78 Å². The maximum Gasteiger partial charge on any atom is 0.265 e. The Morgan fingerprint density at radius 3 is 2.22 bits per heavy atom. The molecule has 0 bridgehead atoms. The van der Waals surface area contributed by atoms with Crippen LogP contribution in [-0.2, 0) is 26.3 Å². The van der Waals surface area contributed by atoms with Gasteiger partial charge < -0.3 is 24.9 Å². The van der Waals surface area contributed by atoms with Crippen LogP contribution in [-0.4, -0.2) is 113 Å². The molecular formula is C52H63F2N7O6. The Kier molecular flexibility index (Phi) is 13.8. The third kappa shape index (κ3) is 10.1. The van der Waals surface area contributed by atoms with E-state index in [1.165, 1.54) is 12.1 Å². The molecular weight excluding hydrogens is 857 g/mol. The van der Waals surface area contributed by atoms with Crippen molar-refractivity contribution in [2.45, 2.75) is 108 Å². The van der Waals surface area contributed by atoms with Crippen LogP contribution >= 0.6 is 0 Å². The van der Waals surface area contributed by atoms with Crippen LogP contribution in [0, 0.1) is 29.4 Å². The van der Waals surface area contributed by atoms with Gasteiger partial charge in [0.2, 0.25) is 17.7 Å². The van der Waals surface area contributed by atoms with Gasteiger partial charge in [-0.1, -0.05) is 55.7 Å². The number of piperidine rings is 2. The van der Waals surface area contributed by atoms with E-state index in [-0.39, 0.29) is 71.5 Å². The summed E-state index contributed by atoms with van der Waals surface area (Å²) in [5, 5.41) is 3.00. The summed E-state index contributed by atoms with van der Waals surface area (Å²) < 4.78 is 31.5. The van der Waals surface area contributed by atoms with Crippen molar-refractivity contribution in [3.05, 3.63) is 106 Å². The summed E-state index contributed by atoms with van der Waals surface area (Å²) in [6.45, 7) is 5.14. The summed E-state index contributed by atoms with van der Waals surface area (Å²) in [7, 11) is 0. The van der Waals surface area contributed by atoms with Gasteiger partial charge in [0.25, 0.3) is 17.7 Å². The molecule has 2 saturated carbocycles. The van der Waals surface area contributed by atoms with Crippen molar-refractivity contribution in [3.63, 3.8) is 0 Å². The number of fused-ring (bicyclic) bond motifs is 1. The minimum Gasteiger partial charge on any atom is -0.342 e. The molecule has 2 aliphatic carbocycles. The average Bonchev–Trinajstić information content (AvgIpc) is 4.21. The molecule has 4 heterocycles. The first-order chi connectivity index (χ1) is 32.4. The number of nitrogens with one attached hydrogen (secondary N) is 3. The SMILES string of the molecule is CC1(Cc2ccc(F)c(C(=O)N3CCN(C(=O)CC4CCN(C(=O)[C@H](NC(=O)c5cccc(C6CCCN(C(=O)C7CC7)C6)c5F)C5CCCCC5)CC4)CC3)c2)NNC(=O)c2ccccc21. The fourth-order valence-corrected chi connectivity index (χ4v) is 11.3. The van der Waals surface area contributed by atoms with Crippen molar-refractivity contribution in [1.82, 2.24) is 35.8 Å². The second-order valence-electron chi connectivity index (χ2n) is 20.0. The van der Waals surface area contributed by atoms with Crippen molar-refractivity contribution in [2.75, 3.05) is 52.4 Å². The Morgan fingerprint density at radius 1 is 0.746 bits per heavy atom. The van der Waals surface area contributed by atoms with Crippen molar-refractivity contribution in [2.24, 2.45) is 17.8 Å². The van der Waals surface area contributed by atoms with Gasteiger partial charge in [0, 0.05) is 76.2 Å². The quantitative estimate of drug-likeness (QED) is 0.211. The summed E-state index contributed by atoms with van der Waals surface area (Å²) in [4.78, 5) is 87.8. The van der Waals surface area contributed by atoms with Gasteiger partial charge in [0.1, 0.15) is 17.7 Å². The van der Waals surface area contributed by atoms with E-state index in [9.17, 15) is 28.8 Å². The molecule has 5 fully saturated rings. The van der Waals surface area contributed by atoms with Gasteiger partial charge in [-0.15, -0.1) is 0 Å². The first kappa shape index (κ1) is 46.4. The maximum absolute atomic E-state index is 16.3. The fourth-order valence-electron chi connectivity index (χ4n) is 11.3. The fraction of sp³-hybridized carbons (Fsp3) is 0.538. The van der Waals surface area contributed by atoms with Gasteiger partial charge >= 0.3 is 0 Å². The average molecular weight is 920 g/mol. The van der Waals surface area contributed by atoms with Crippen molar-refractivity contribution in [1.29, 1.82) is 0 Å². The summed E-state index contributed by atoms with van der Waals surface area (Å²) >= 11 is 0. The van der Waals surface area contributed by atoms with E-state index in [0.29, 0.717) is 76.1 Å². The number of amides is 6. The molecule has 356 valence electrons. The number of hydrogen-bond donors (Lipinski definition) is 3. The standard InChI is InChI=1S/C52H63F2N7O6/c1-52(42-15-6-5-12-39(42)48(64)56-57-52)31-34-16-19-43(53)41(29-34)50(66)60-27-25-58(26-28-60)44(62)30-33-20-23-59(24-21-33)51(67)46(35-9-3-2-4-10-35)55-47(63)40-14-7-13-38(45(40)54)37-11-8-22-61(32-37)49(65)36-17-18-36/h5-7,12-16,19,29,33,35-37,46,57H,2-4,8-11,17-18,20-28,30-32H2,1H3,(H,55,63)(H,56,64)/t37?,46-,52?/m1/s1. The van der Waals surface area contributed by atoms with E-state index in [2.05, 4.69) is 16.2 Å². The molecule has 9 rings (SSSR count). The van der Waals surface area contributed by atoms with Crippen LogP contribution in [0.4, 0.5) is 8.78 Å². The third-order valence-electron chi connectivity index (χ3n) is 15.4. The number of likely N-dealkylation sites (tertiary alicyclic amines) is 2. The zero-order chi connectivity index (χ0) is 46.8. The number of benzene rings is 3. The number of nitrogens with zero attached hydrogens (tertiary/aromatic N) is 4. The van der Waals surface area contributed by atoms with Crippen LogP contribution in [0.1, 0.15) is 138 Å². The zero-order valence-corrected chi connectivity index (χ0v) is 38.5. The van der Waals surface area contributed by atoms with E-state index in [1.807, 2.05) is 24.0 Å². The largest absolute Gasteiger partial charge is 0.342 e. The molecule has 3 atom stereocenters. The van der Waals surface area contributed by atoms with Crippen molar-refractivity contribution >= 4 is 35.4 Å². The molecule has 3 N–H and O–H groups in total. The first-order valence-electron chi connectivity index (χ1n) is 24.6. The molecule has 0 aromatic heterocycles. The molecule has 6 aliphatic rings. The van der Waals surface area contributed by atoms with Crippen molar-refractivity contribution in [3.8, 4) is 0 Å². The van der Waals surface area contributed by atoms with Gasteiger partial charge in [0.05, 0.1) is 16.7 Å². The van der Waals surface area contributed by atoms with E-state index in [4.69, 9.17) is 0 Å². The zero-order valence-electron chi connectivity index (χ0n) is 38.5. The first-order valence-corrected chi connectivity index (χ1v) is 24.6. The molecule has 15 heteroatoms. The lowest BCUT2D eigenvalue weighted by Crippen LogP contribution is -2.56. The van der Waals surface area contributed by atoms with Gasteiger partial charge in [0.15, 0.2) is 0 Å². The smallest absolute Gasteiger partial charge is 0.265 e. The maximum atomic E-state index is 16.3. The van der Waals surface area contributed by atoms with Crippen LogP contribution in [0.3, 0.4) is 0 Å². The lowest BCUT2D eigenvalue weighted by molar-refractivity contribution is -0.137. The van der Waals surface area contributed by atoms with Crippen LogP contribution in [0.2, 0.25) is 0 Å². The highest BCUT2D eigenvalue weighted by atomic mass is 19.1. The Labute approximate surface area is 391 Å². The summed E-state index contributed by atoms with van der Waals surface area (Å²) in [5.41, 5.74) is 7.54. The van der Waals surface area contributed by atoms with E-state index in [0.717, 1.165) is 68.9 Å². The Bertz CT molecular complexity index is 2390. The van der Waals surface area contributed by atoms with Crippen LogP contribution in [0.5, 0.6) is 0 Å². The highest BCUT2D eigenvalue weighted by Crippen LogP contribution is 2.37. The summed E-state index contributed by atoms with van der Waals surface area (Å²) in [5.74, 6) is -2.61. The number of hydrogen-bond acceptors (Lipinski definition) is 7. The minimum absolute atomic E-state index is 0.0160. The molecule has 0 radical (unpaired) electrons.